The number of amides is 1. The van der Waals surface area contributed by atoms with Gasteiger partial charge in [0.1, 0.15) is 10.6 Å². The van der Waals surface area contributed by atoms with Crippen LogP contribution in [0.25, 0.3) is 33.3 Å². The van der Waals surface area contributed by atoms with Crippen LogP contribution in [-0.4, -0.2) is 24.0 Å². The van der Waals surface area contributed by atoms with Crippen LogP contribution in [0.2, 0.25) is 0 Å². The van der Waals surface area contributed by atoms with E-state index in [4.69, 9.17) is 9.72 Å². The largest absolute Gasteiger partial charge is 0.465 e. The molecule has 0 aliphatic rings. The summed E-state index contributed by atoms with van der Waals surface area (Å²) in [5.41, 5.74) is 5.97. The van der Waals surface area contributed by atoms with Gasteiger partial charge in [0.25, 0.3) is 5.91 Å². The minimum Gasteiger partial charge on any atom is -0.465 e. The molecule has 0 saturated heterocycles. The minimum atomic E-state index is -0.509. The molecule has 0 spiro atoms. The maximum absolute atomic E-state index is 13.7. The van der Waals surface area contributed by atoms with Gasteiger partial charge in [-0.2, -0.15) is 0 Å². The van der Waals surface area contributed by atoms with Gasteiger partial charge in [0.2, 0.25) is 0 Å². The predicted molar refractivity (Wildman–Crippen MR) is 153 cm³/mol. The Hall–Kier alpha value is -3.81. The Kier molecular flexibility index (Phi) is 7.17. The summed E-state index contributed by atoms with van der Waals surface area (Å²) in [4.78, 5) is 31.3. The fraction of sp³-hybridized carbons (Fsp3) is 0.100. The van der Waals surface area contributed by atoms with E-state index in [-0.39, 0.29) is 5.91 Å². The van der Waals surface area contributed by atoms with E-state index in [0.29, 0.717) is 27.4 Å². The average Bonchev–Trinajstić information content (AvgIpc) is 3.35. The highest BCUT2D eigenvalue weighted by molar-refractivity contribution is 9.10. The number of halogens is 1. The third kappa shape index (κ3) is 5.05. The molecule has 0 aliphatic carbocycles. The van der Waals surface area contributed by atoms with Gasteiger partial charge in [-0.25, -0.2) is 9.78 Å². The topological polar surface area (TPSA) is 68.3 Å². The molecule has 0 unspecified atom stereocenters. The van der Waals surface area contributed by atoms with Gasteiger partial charge in [-0.05, 0) is 41.8 Å². The number of rotatable bonds is 6. The van der Waals surface area contributed by atoms with Crippen LogP contribution in [0.4, 0.5) is 5.00 Å². The highest BCUT2D eigenvalue weighted by Crippen LogP contribution is 2.37. The molecule has 37 heavy (non-hydrogen) atoms. The lowest BCUT2D eigenvalue weighted by Gasteiger charge is -2.12. The number of hydrogen-bond acceptors (Lipinski definition) is 5. The van der Waals surface area contributed by atoms with Crippen LogP contribution in [0.5, 0.6) is 0 Å². The molecule has 0 fully saturated rings. The number of carbonyl (C=O) groups excluding carboxylic acids is 2. The first-order chi connectivity index (χ1) is 18.0. The van der Waals surface area contributed by atoms with Gasteiger partial charge >= 0.3 is 5.97 Å². The molecule has 5 nitrogen and oxygen atoms in total. The van der Waals surface area contributed by atoms with E-state index in [2.05, 4.69) is 40.3 Å². The number of fused-ring (bicyclic) bond motifs is 1. The van der Waals surface area contributed by atoms with Crippen molar-refractivity contribution in [2.45, 2.75) is 13.3 Å². The van der Waals surface area contributed by atoms with Crippen LogP contribution in [-0.2, 0) is 11.2 Å². The fourth-order valence-electron chi connectivity index (χ4n) is 4.19. The number of carbonyl (C=O) groups is 2. The molecule has 184 valence electrons. The number of hydrogen-bond donors (Lipinski definition) is 1. The number of ether oxygens (including phenoxy) is 1. The van der Waals surface area contributed by atoms with Crippen molar-refractivity contribution in [1.82, 2.24) is 4.98 Å². The Morgan fingerprint density at radius 2 is 1.68 bits per heavy atom. The van der Waals surface area contributed by atoms with Gasteiger partial charge in [-0.1, -0.05) is 77.5 Å². The SMILES string of the molecule is CCc1ccc(-c2cc(C(=O)Nc3scc(-c4ccc(Br)cc4)c3C(=O)OC)c3ccccc3n2)cc1. The van der Waals surface area contributed by atoms with E-state index in [9.17, 15) is 9.59 Å². The summed E-state index contributed by atoms with van der Waals surface area (Å²) in [5.74, 6) is -0.829. The van der Waals surface area contributed by atoms with Crippen LogP contribution < -0.4 is 5.32 Å². The molecule has 0 atom stereocenters. The summed E-state index contributed by atoms with van der Waals surface area (Å²) in [6, 6.07) is 25.2. The van der Waals surface area contributed by atoms with Crippen molar-refractivity contribution in [3.05, 3.63) is 105 Å². The molecular weight excluding hydrogens is 548 g/mol. The number of aryl methyl sites for hydroxylation is 1. The summed E-state index contributed by atoms with van der Waals surface area (Å²) in [6.07, 6.45) is 0.949. The zero-order valence-corrected chi connectivity index (χ0v) is 22.7. The summed E-state index contributed by atoms with van der Waals surface area (Å²) in [7, 11) is 1.34. The molecule has 1 amide bonds. The van der Waals surface area contributed by atoms with E-state index in [0.717, 1.165) is 32.9 Å². The van der Waals surface area contributed by atoms with Crippen molar-refractivity contribution in [2.24, 2.45) is 0 Å². The second kappa shape index (κ2) is 10.7. The maximum atomic E-state index is 13.7. The molecule has 0 bridgehead atoms. The summed E-state index contributed by atoms with van der Waals surface area (Å²) in [5, 5.41) is 6.00. The first-order valence-electron chi connectivity index (χ1n) is 11.7. The number of nitrogens with one attached hydrogen (secondary N) is 1. The first-order valence-corrected chi connectivity index (χ1v) is 13.4. The highest BCUT2D eigenvalue weighted by atomic mass is 79.9. The van der Waals surface area contributed by atoms with E-state index < -0.39 is 5.97 Å². The molecule has 1 N–H and O–H groups in total. The molecule has 2 heterocycles. The Labute approximate surface area is 227 Å². The van der Waals surface area contributed by atoms with E-state index in [1.807, 2.05) is 66.0 Å². The number of methoxy groups -OCH3 is 1. The summed E-state index contributed by atoms with van der Waals surface area (Å²) >= 11 is 4.73. The van der Waals surface area contributed by atoms with Crippen LogP contribution in [0.3, 0.4) is 0 Å². The third-order valence-corrected chi connectivity index (χ3v) is 7.61. The maximum Gasteiger partial charge on any atom is 0.341 e. The lowest BCUT2D eigenvalue weighted by atomic mass is 10.0. The van der Waals surface area contributed by atoms with Crippen molar-refractivity contribution < 1.29 is 14.3 Å². The van der Waals surface area contributed by atoms with Crippen LogP contribution >= 0.6 is 27.3 Å². The third-order valence-electron chi connectivity index (χ3n) is 6.18. The van der Waals surface area contributed by atoms with E-state index in [1.54, 1.807) is 6.07 Å². The molecule has 0 saturated carbocycles. The molecule has 7 heteroatoms. The van der Waals surface area contributed by atoms with Crippen LogP contribution in [0.1, 0.15) is 33.2 Å². The lowest BCUT2D eigenvalue weighted by molar-refractivity contribution is 0.0603. The molecule has 5 rings (SSSR count). The van der Waals surface area contributed by atoms with Gasteiger partial charge in [-0.3, -0.25) is 4.79 Å². The number of pyridine rings is 1. The average molecular weight is 571 g/mol. The molecule has 0 radical (unpaired) electrons. The number of para-hydroxylation sites is 1. The second-order valence-electron chi connectivity index (χ2n) is 8.43. The monoisotopic (exact) mass is 570 g/mol. The number of benzene rings is 3. The van der Waals surface area contributed by atoms with Gasteiger partial charge in [-0.15, -0.1) is 11.3 Å². The standard InChI is InChI=1S/C30H23BrN2O3S/c1-3-18-8-10-20(11-9-18)26-16-23(22-6-4-5-7-25(22)32-26)28(34)33-29-27(30(35)36-2)24(17-37-29)19-12-14-21(31)15-13-19/h4-17H,3H2,1-2H3,(H,33,34). The zero-order chi connectivity index (χ0) is 25.9. The van der Waals surface area contributed by atoms with Crippen molar-refractivity contribution >= 4 is 55.0 Å². The molecule has 5 aromatic rings. The second-order valence-corrected chi connectivity index (χ2v) is 10.2. The van der Waals surface area contributed by atoms with Crippen molar-refractivity contribution in [1.29, 1.82) is 0 Å². The number of anilines is 1. The van der Waals surface area contributed by atoms with E-state index >= 15 is 0 Å². The number of aromatic nitrogens is 1. The quantitative estimate of drug-likeness (QED) is 0.210. The number of esters is 1. The Bertz CT molecular complexity index is 1610. The first kappa shape index (κ1) is 24.9. The fourth-order valence-corrected chi connectivity index (χ4v) is 5.41. The summed E-state index contributed by atoms with van der Waals surface area (Å²) < 4.78 is 6.01. The normalized spacial score (nSPS) is 10.9. The smallest absolute Gasteiger partial charge is 0.341 e. The molecule has 3 aromatic carbocycles. The Balaban J connectivity index is 1.56. The van der Waals surface area contributed by atoms with Crippen LogP contribution in [0, 0.1) is 0 Å². The van der Waals surface area contributed by atoms with Gasteiger partial charge < -0.3 is 10.1 Å². The minimum absolute atomic E-state index is 0.320. The van der Waals surface area contributed by atoms with Crippen molar-refractivity contribution in [3.63, 3.8) is 0 Å². The van der Waals surface area contributed by atoms with Gasteiger partial charge in [0, 0.05) is 26.4 Å². The lowest BCUT2D eigenvalue weighted by Crippen LogP contribution is -2.15. The number of nitrogens with zero attached hydrogens (tertiary/aromatic N) is 1. The predicted octanol–water partition coefficient (Wildman–Crippen LogP) is 7.99. The summed E-state index contributed by atoms with van der Waals surface area (Å²) in [6.45, 7) is 2.11. The zero-order valence-electron chi connectivity index (χ0n) is 20.2. The Morgan fingerprint density at radius 1 is 0.973 bits per heavy atom. The molecular formula is C30H23BrN2O3S. The van der Waals surface area contributed by atoms with Gasteiger partial charge in [0.15, 0.2) is 0 Å². The van der Waals surface area contributed by atoms with Crippen molar-refractivity contribution in [2.75, 3.05) is 12.4 Å². The van der Waals surface area contributed by atoms with Crippen molar-refractivity contribution in [3.8, 4) is 22.4 Å². The Morgan fingerprint density at radius 3 is 2.38 bits per heavy atom. The molecule has 0 aliphatic heterocycles. The molecule has 2 aromatic heterocycles. The highest BCUT2D eigenvalue weighted by Gasteiger charge is 2.24. The van der Waals surface area contributed by atoms with Gasteiger partial charge in [0.05, 0.1) is 23.9 Å². The van der Waals surface area contributed by atoms with E-state index in [1.165, 1.54) is 24.0 Å². The van der Waals surface area contributed by atoms with Crippen LogP contribution in [0.15, 0.2) is 88.7 Å². The number of thiophene rings is 1.